The zero-order valence-corrected chi connectivity index (χ0v) is 19.9. The van der Waals surface area contributed by atoms with E-state index in [1.54, 1.807) is 6.92 Å². The molecular formula is C24H33BrO4. The number of ether oxygens (including phenoxy) is 2. The predicted molar refractivity (Wildman–Crippen MR) is 113 cm³/mol. The first kappa shape index (κ1) is 20.4. The van der Waals surface area contributed by atoms with E-state index in [2.05, 4.69) is 29.8 Å². The molecule has 0 bridgehead atoms. The smallest absolute Gasteiger partial charge is 0.169 e. The van der Waals surface area contributed by atoms with Crippen molar-refractivity contribution in [2.75, 3.05) is 0 Å². The number of fused-ring (bicyclic) bond motifs is 7. The average molecular weight is 465 g/mol. The van der Waals surface area contributed by atoms with Crippen molar-refractivity contribution in [2.24, 2.45) is 28.6 Å². The largest absolute Gasteiger partial charge is 0.344 e. The van der Waals surface area contributed by atoms with Gasteiger partial charge >= 0.3 is 0 Å². The lowest BCUT2D eigenvalue weighted by atomic mass is 9.46. The molecule has 7 unspecified atom stereocenters. The molecule has 0 aromatic carbocycles. The van der Waals surface area contributed by atoms with E-state index in [0.29, 0.717) is 24.2 Å². The first-order chi connectivity index (χ1) is 13.5. The second-order valence-electron chi connectivity index (χ2n) is 11.1. The van der Waals surface area contributed by atoms with Crippen molar-refractivity contribution >= 4 is 27.5 Å². The molecule has 0 aromatic rings. The summed E-state index contributed by atoms with van der Waals surface area (Å²) in [5.41, 5.74) is 0.454. The van der Waals surface area contributed by atoms with Gasteiger partial charge < -0.3 is 9.47 Å². The topological polar surface area (TPSA) is 52.6 Å². The Bertz CT molecular complexity index is 831. The lowest BCUT2D eigenvalue weighted by Crippen LogP contribution is -2.60. The zero-order chi connectivity index (χ0) is 21.0. The van der Waals surface area contributed by atoms with Crippen molar-refractivity contribution in [3.8, 4) is 0 Å². The normalized spacial score (nSPS) is 50.6. The molecular weight excluding hydrogens is 432 g/mol. The maximum Gasteiger partial charge on any atom is 0.169 e. The van der Waals surface area contributed by atoms with Gasteiger partial charge in [0.15, 0.2) is 23.0 Å². The van der Waals surface area contributed by atoms with Gasteiger partial charge in [-0.15, -0.1) is 0 Å². The number of Topliss-reactive ketones (excluding diaryl/α,β-unsaturated/α-hetero) is 2. The van der Waals surface area contributed by atoms with Crippen molar-refractivity contribution in [2.45, 2.75) is 97.1 Å². The van der Waals surface area contributed by atoms with Crippen LogP contribution in [0.15, 0.2) is 10.1 Å². The Morgan fingerprint density at radius 1 is 1.07 bits per heavy atom. The Hall–Kier alpha value is -0.520. The van der Waals surface area contributed by atoms with Crippen LogP contribution >= 0.6 is 15.9 Å². The lowest BCUT2D eigenvalue weighted by molar-refractivity contribution is -0.214. The fraction of sp³-hybridized carbons (Fsp3) is 0.833. The number of carbonyl (C=O) groups is 2. The molecule has 5 rings (SSSR count). The van der Waals surface area contributed by atoms with Crippen molar-refractivity contribution in [3.63, 3.8) is 0 Å². The van der Waals surface area contributed by atoms with Crippen LogP contribution in [-0.2, 0) is 19.1 Å². The van der Waals surface area contributed by atoms with Gasteiger partial charge in [0.25, 0.3) is 0 Å². The predicted octanol–water partition coefficient (Wildman–Crippen LogP) is 5.33. The van der Waals surface area contributed by atoms with Crippen molar-refractivity contribution in [1.82, 2.24) is 0 Å². The van der Waals surface area contributed by atoms with E-state index in [0.717, 1.165) is 43.0 Å². The highest BCUT2D eigenvalue weighted by molar-refractivity contribution is 9.12. The summed E-state index contributed by atoms with van der Waals surface area (Å²) in [7, 11) is 0. The van der Waals surface area contributed by atoms with Crippen LogP contribution in [0, 0.1) is 28.6 Å². The van der Waals surface area contributed by atoms with Crippen LogP contribution in [0.1, 0.15) is 79.6 Å². The number of carbonyl (C=O) groups excluding carboxylic acids is 2. The van der Waals surface area contributed by atoms with E-state index in [1.807, 2.05) is 13.8 Å². The minimum atomic E-state index is -0.813. The minimum absolute atomic E-state index is 0.0963. The number of halogens is 1. The molecule has 5 heteroatoms. The first-order valence-electron chi connectivity index (χ1n) is 11.3. The molecule has 0 amide bonds. The Labute approximate surface area is 182 Å². The molecule has 29 heavy (non-hydrogen) atoms. The molecule has 1 heterocycles. The standard InChI is InChI=1S/C24H33BrO4/c1-13(26)24-19(28-21(2,3)29-24)12-17-14-6-7-16-20(25)18(27)9-10-22(16,4)15(14)8-11-23(17,24)5/h14-15,17,19H,6-12H2,1-5H3. The quantitative estimate of drug-likeness (QED) is 0.525. The first-order valence-corrected chi connectivity index (χ1v) is 12.1. The second-order valence-corrected chi connectivity index (χ2v) is 11.9. The summed E-state index contributed by atoms with van der Waals surface area (Å²) in [4.78, 5) is 25.4. The fourth-order valence-electron chi connectivity index (χ4n) is 8.40. The summed E-state index contributed by atoms with van der Waals surface area (Å²) in [5, 5.41) is 0. The molecule has 1 saturated heterocycles. The average Bonchev–Trinajstić information content (AvgIpc) is 3.05. The molecule has 4 fully saturated rings. The van der Waals surface area contributed by atoms with E-state index in [1.165, 1.54) is 5.57 Å². The van der Waals surface area contributed by atoms with Gasteiger partial charge in [-0.3, -0.25) is 9.59 Å². The molecule has 0 radical (unpaired) electrons. The van der Waals surface area contributed by atoms with Crippen LogP contribution in [0.3, 0.4) is 0 Å². The highest BCUT2D eigenvalue weighted by Gasteiger charge is 2.75. The SMILES string of the molecule is CC(=O)C12OC(C)(C)OC1CC1C3CCC4=C(Br)C(=O)CCC4(C)C3CCC12C. The van der Waals surface area contributed by atoms with E-state index in [4.69, 9.17) is 9.47 Å². The molecule has 160 valence electrons. The third-order valence-corrected chi connectivity index (χ3v) is 10.5. The summed E-state index contributed by atoms with van der Waals surface area (Å²) in [6.45, 7) is 10.3. The molecule has 3 saturated carbocycles. The third kappa shape index (κ3) is 2.39. The van der Waals surface area contributed by atoms with Gasteiger partial charge in [-0.1, -0.05) is 13.8 Å². The molecule has 0 aromatic heterocycles. The number of hydrogen-bond acceptors (Lipinski definition) is 4. The third-order valence-electron chi connectivity index (χ3n) is 9.57. The van der Waals surface area contributed by atoms with Gasteiger partial charge in [0.2, 0.25) is 0 Å². The molecule has 5 aliphatic rings. The van der Waals surface area contributed by atoms with E-state index in [-0.39, 0.29) is 28.5 Å². The summed E-state index contributed by atoms with van der Waals surface area (Å²) in [5.74, 6) is 1.26. The van der Waals surface area contributed by atoms with Crippen molar-refractivity contribution < 1.29 is 19.1 Å². The molecule has 0 spiro atoms. The molecule has 1 aliphatic heterocycles. The number of rotatable bonds is 1. The van der Waals surface area contributed by atoms with Crippen LogP contribution in [0.4, 0.5) is 0 Å². The Balaban J connectivity index is 1.55. The Kier molecular flexibility index (Phi) is 4.25. The highest BCUT2D eigenvalue weighted by atomic mass is 79.9. The van der Waals surface area contributed by atoms with Gasteiger partial charge in [0.1, 0.15) is 0 Å². The number of ketones is 2. The summed E-state index contributed by atoms with van der Waals surface area (Å²) in [6, 6.07) is 0. The van der Waals surface area contributed by atoms with Crippen molar-refractivity contribution in [3.05, 3.63) is 10.1 Å². The van der Waals surface area contributed by atoms with Gasteiger partial charge in [0.05, 0.1) is 10.6 Å². The highest BCUT2D eigenvalue weighted by Crippen LogP contribution is 2.71. The Morgan fingerprint density at radius 2 is 1.79 bits per heavy atom. The van der Waals surface area contributed by atoms with Crippen LogP contribution in [0.5, 0.6) is 0 Å². The summed E-state index contributed by atoms with van der Waals surface area (Å²) >= 11 is 3.64. The zero-order valence-electron chi connectivity index (χ0n) is 18.3. The summed E-state index contributed by atoms with van der Waals surface area (Å²) in [6.07, 6.45) is 6.54. The van der Waals surface area contributed by atoms with Crippen LogP contribution in [-0.4, -0.2) is 29.1 Å². The Morgan fingerprint density at radius 3 is 2.48 bits per heavy atom. The lowest BCUT2D eigenvalue weighted by Gasteiger charge is -2.59. The molecule has 7 atom stereocenters. The van der Waals surface area contributed by atoms with Gasteiger partial charge in [-0.2, -0.15) is 0 Å². The molecule has 4 nitrogen and oxygen atoms in total. The van der Waals surface area contributed by atoms with Crippen LogP contribution < -0.4 is 0 Å². The number of allylic oxidation sites excluding steroid dienone is 1. The monoisotopic (exact) mass is 464 g/mol. The maximum atomic E-state index is 13.1. The van der Waals surface area contributed by atoms with Crippen LogP contribution in [0.2, 0.25) is 0 Å². The number of hydrogen-bond donors (Lipinski definition) is 0. The van der Waals surface area contributed by atoms with Crippen LogP contribution in [0.25, 0.3) is 0 Å². The molecule has 4 aliphatic carbocycles. The van der Waals surface area contributed by atoms with Gasteiger partial charge in [0, 0.05) is 11.8 Å². The van der Waals surface area contributed by atoms with E-state index >= 15 is 0 Å². The summed E-state index contributed by atoms with van der Waals surface area (Å²) < 4.78 is 13.7. The van der Waals surface area contributed by atoms with E-state index < -0.39 is 11.4 Å². The van der Waals surface area contributed by atoms with Gasteiger partial charge in [-0.25, -0.2) is 0 Å². The fourth-order valence-corrected chi connectivity index (χ4v) is 9.25. The second kappa shape index (κ2) is 6.04. The minimum Gasteiger partial charge on any atom is -0.344 e. The maximum absolute atomic E-state index is 13.1. The van der Waals surface area contributed by atoms with Crippen molar-refractivity contribution in [1.29, 1.82) is 0 Å². The van der Waals surface area contributed by atoms with E-state index in [9.17, 15) is 9.59 Å². The molecule has 0 N–H and O–H groups in total. The van der Waals surface area contributed by atoms with Gasteiger partial charge in [-0.05, 0) is 104 Å².